The summed E-state index contributed by atoms with van der Waals surface area (Å²) in [4.78, 5) is 32.7. The monoisotopic (exact) mass is 505 g/mol. The van der Waals surface area contributed by atoms with Crippen molar-refractivity contribution in [1.29, 1.82) is 0 Å². The minimum atomic E-state index is -0.869. The second-order valence-electron chi connectivity index (χ2n) is 8.29. The fourth-order valence-electron chi connectivity index (χ4n) is 4.27. The van der Waals surface area contributed by atoms with E-state index in [1.165, 1.54) is 0 Å². The van der Waals surface area contributed by atoms with Crippen LogP contribution < -0.4 is 15.1 Å². The van der Waals surface area contributed by atoms with Gasteiger partial charge in [0.1, 0.15) is 5.82 Å². The van der Waals surface area contributed by atoms with E-state index in [1.807, 2.05) is 42.5 Å². The first-order chi connectivity index (χ1) is 17.0. The second kappa shape index (κ2) is 9.97. The number of carbonyl (C=O) groups is 1. The third-order valence-electron chi connectivity index (χ3n) is 6.15. The highest BCUT2D eigenvalue weighted by Crippen LogP contribution is 2.30. The summed E-state index contributed by atoms with van der Waals surface area (Å²) in [6, 6.07) is 15.3. The normalized spacial score (nSPS) is 18.0. The third kappa shape index (κ3) is 4.82. The molecule has 0 saturated carbocycles. The fourth-order valence-corrected chi connectivity index (χ4v) is 4.73. The number of nitrogens with zero attached hydrogens (tertiary/aromatic N) is 6. The van der Waals surface area contributed by atoms with Crippen LogP contribution in [0.2, 0.25) is 5.02 Å². The van der Waals surface area contributed by atoms with Crippen LogP contribution in [0.4, 0.5) is 11.5 Å². The van der Waals surface area contributed by atoms with Crippen LogP contribution in [0, 0.1) is 0 Å². The molecule has 2 aromatic carbocycles. The van der Waals surface area contributed by atoms with Crippen molar-refractivity contribution < 1.29 is 4.79 Å². The average Bonchev–Trinajstić information content (AvgIpc) is 3.00. The second-order valence-corrected chi connectivity index (χ2v) is 9.12. The number of benzodiazepines with no additional fused rings is 1. The minimum absolute atomic E-state index is 0.194. The van der Waals surface area contributed by atoms with E-state index in [0.717, 1.165) is 35.7 Å². The topological polar surface area (TPSA) is 77.0 Å². The maximum Gasteiger partial charge on any atom is 0.272 e. The summed E-state index contributed by atoms with van der Waals surface area (Å²) in [5, 5.41) is 4.29. The first-order valence-corrected chi connectivity index (χ1v) is 12.1. The van der Waals surface area contributed by atoms with Gasteiger partial charge in [-0.1, -0.05) is 41.9 Å². The number of hydrogen-bond donors (Lipinski definition) is 1. The number of nitrogens with one attached hydrogen (secondary N) is 1. The molecule has 0 aliphatic carbocycles. The lowest BCUT2D eigenvalue weighted by atomic mass is 10.0. The van der Waals surface area contributed by atoms with Gasteiger partial charge < -0.3 is 20.0 Å². The van der Waals surface area contributed by atoms with Gasteiger partial charge in [-0.3, -0.25) is 9.78 Å². The maximum atomic E-state index is 13.4. The molecular formula is C25H24ClN7OS. The van der Waals surface area contributed by atoms with Gasteiger partial charge in [-0.25, -0.2) is 9.98 Å². The number of amides is 1. The number of aliphatic imine (C=N–C) groups is 1. The highest BCUT2D eigenvalue weighted by atomic mass is 35.5. The van der Waals surface area contributed by atoms with E-state index in [-0.39, 0.29) is 5.91 Å². The standard InChI is InChI=1S/C25H24ClN7OS/c1-31-20-8-7-18(26)15-19(20)22(17-5-3-2-4-6-17)29-23(24(31)34)30-25(35)33-13-11-32(12-14-33)21-16-27-9-10-28-21/h2-10,15-16,23H,11-14H2,1H3,(H,30,35). The Labute approximate surface area is 214 Å². The number of aromatic nitrogens is 2. The first-order valence-electron chi connectivity index (χ1n) is 11.3. The van der Waals surface area contributed by atoms with Crippen LogP contribution >= 0.6 is 23.8 Å². The molecule has 8 nitrogen and oxygen atoms in total. The average molecular weight is 506 g/mol. The first kappa shape index (κ1) is 23.2. The number of fused-ring (bicyclic) bond motifs is 1. The molecule has 2 aliphatic heterocycles. The molecule has 3 aromatic rings. The molecule has 1 atom stereocenters. The number of thiocarbonyl (C=S) groups is 1. The van der Waals surface area contributed by atoms with Crippen molar-refractivity contribution >= 4 is 52.1 Å². The lowest BCUT2D eigenvalue weighted by Gasteiger charge is -2.37. The van der Waals surface area contributed by atoms with E-state index in [0.29, 0.717) is 28.9 Å². The van der Waals surface area contributed by atoms with Crippen molar-refractivity contribution in [2.75, 3.05) is 43.0 Å². The molecule has 178 valence electrons. The predicted molar refractivity (Wildman–Crippen MR) is 142 cm³/mol. The Morgan fingerprint density at radius 3 is 2.57 bits per heavy atom. The predicted octanol–water partition coefficient (Wildman–Crippen LogP) is 2.97. The van der Waals surface area contributed by atoms with E-state index >= 15 is 0 Å². The van der Waals surface area contributed by atoms with Crippen LogP contribution in [-0.4, -0.2) is 71.0 Å². The quantitative estimate of drug-likeness (QED) is 0.548. The van der Waals surface area contributed by atoms with Gasteiger partial charge >= 0.3 is 0 Å². The van der Waals surface area contributed by atoms with Gasteiger partial charge in [-0.15, -0.1) is 0 Å². The van der Waals surface area contributed by atoms with Crippen LogP contribution in [0.5, 0.6) is 0 Å². The Bertz CT molecular complexity index is 1260. The van der Waals surface area contributed by atoms with Crippen LogP contribution in [0.1, 0.15) is 11.1 Å². The van der Waals surface area contributed by atoms with Gasteiger partial charge in [0.15, 0.2) is 5.11 Å². The van der Waals surface area contributed by atoms with Crippen molar-refractivity contribution in [3.8, 4) is 0 Å². The number of carbonyl (C=O) groups excluding carboxylic acids is 1. The number of halogens is 1. The maximum absolute atomic E-state index is 13.4. The lowest BCUT2D eigenvalue weighted by molar-refractivity contribution is -0.119. The van der Waals surface area contributed by atoms with E-state index in [9.17, 15) is 4.79 Å². The molecule has 1 fully saturated rings. The highest BCUT2D eigenvalue weighted by Gasteiger charge is 2.32. The molecular weight excluding hydrogens is 482 g/mol. The summed E-state index contributed by atoms with van der Waals surface area (Å²) in [7, 11) is 1.75. The number of anilines is 2. The van der Waals surface area contributed by atoms with E-state index in [2.05, 4.69) is 25.1 Å². The summed E-state index contributed by atoms with van der Waals surface area (Å²) < 4.78 is 0. The van der Waals surface area contributed by atoms with Gasteiger partial charge in [-0.2, -0.15) is 0 Å². The largest absolute Gasteiger partial charge is 0.352 e. The number of likely N-dealkylation sites (N-methyl/N-ethyl adjacent to an activating group) is 1. The summed E-state index contributed by atoms with van der Waals surface area (Å²) in [5.74, 6) is 0.653. The van der Waals surface area contributed by atoms with Gasteiger partial charge in [0.05, 0.1) is 17.6 Å². The van der Waals surface area contributed by atoms with Crippen LogP contribution in [0.25, 0.3) is 0 Å². The number of piperazine rings is 1. The lowest BCUT2D eigenvalue weighted by Crippen LogP contribution is -2.55. The zero-order chi connectivity index (χ0) is 24.4. The van der Waals surface area contributed by atoms with Gasteiger partial charge in [-0.05, 0) is 30.4 Å². The Morgan fingerprint density at radius 2 is 1.86 bits per heavy atom. The fraction of sp³-hybridized carbons (Fsp3) is 0.240. The summed E-state index contributed by atoms with van der Waals surface area (Å²) in [6.45, 7) is 2.90. The zero-order valence-corrected chi connectivity index (χ0v) is 20.7. The highest BCUT2D eigenvalue weighted by molar-refractivity contribution is 7.80. The van der Waals surface area contributed by atoms with E-state index in [1.54, 1.807) is 36.6 Å². The minimum Gasteiger partial charge on any atom is -0.352 e. The third-order valence-corrected chi connectivity index (χ3v) is 6.76. The zero-order valence-electron chi connectivity index (χ0n) is 19.1. The van der Waals surface area contributed by atoms with Crippen molar-refractivity contribution in [3.63, 3.8) is 0 Å². The van der Waals surface area contributed by atoms with Crippen molar-refractivity contribution in [2.24, 2.45) is 4.99 Å². The molecule has 2 aliphatic rings. The van der Waals surface area contributed by atoms with Crippen molar-refractivity contribution in [2.45, 2.75) is 6.17 Å². The Balaban J connectivity index is 1.39. The molecule has 35 heavy (non-hydrogen) atoms. The SMILES string of the molecule is CN1C(=O)C(NC(=S)N2CCN(c3cnccn3)CC2)N=C(c2ccccc2)c2cc(Cl)ccc21. The Morgan fingerprint density at radius 1 is 1.09 bits per heavy atom. The number of hydrogen-bond acceptors (Lipinski definition) is 6. The van der Waals surface area contributed by atoms with Crippen molar-refractivity contribution in [3.05, 3.63) is 83.3 Å². The molecule has 1 unspecified atom stereocenters. The van der Waals surface area contributed by atoms with Gasteiger partial charge in [0, 0.05) is 61.8 Å². The molecule has 1 saturated heterocycles. The number of benzene rings is 2. The molecule has 3 heterocycles. The van der Waals surface area contributed by atoms with Crippen LogP contribution in [0.15, 0.2) is 72.1 Å². The Kier molecular flexibility index (Phi) is 6.61. The van der Waals surface area contributed by atoms with E-state index in [4.69, 9.17) is 28.8 Å². The smallest absolute Gasteiger partial charge is 0.272 e. The number of rotatable bonds is 3. The summed E-state index contributed by atoms with van der Waals surface area (Å²) >= 11 is 12.0. The van der Waals surface area contributed by atoms with E-state index < -0.39 is 6.17 Å². The molecule has 1 N–H and O–H groups in total. The summed E-state index contributed by atoms with van der Waals surface area (Å²) in [5.41, 5.74) is 3.13. The molecule has 10 heteroatoms. The van der Waals surface area contributed by atoms with Gasteiger partial charge in [0.25, 0.3) is 5.91 Å². The Hall–Kier alpha value is -3.56. The van der Waals surface area contributed by atoms with Crippen molar-refractivity contribution in [1.82, 2.24) is 20.2 Å². The molecule has 0 spiro atoms. The molecule has 1 aromatic heterocycles. The summed E-state index contributed by atoms with van der Waals surface area (Å²) in [6.07, 6.45) is 4.24. The van der Waals surface area contributed by atoms with Crippen LogP contribution in [0.3, 0.4) is 0 Å². The molecule has 5 rings (SSSR count). The van der Waals surface area contributed by atoms with Crippen LogP contribution in [-0.2, 0) is 4.79 Å². The molecule has 0 radical (unpaired) electrons. The van der Waals surface area contributed by atoms with Gasteiger partial charge in [0.2, 0.25) is 6.17 Å². The molecule has 1 amide bonds. The molecule has 0 bridgehead atoms.